The lowest BCUT2D eigenvalue weighted by Crippen LogP contribution is -2.19. The molecule has 0 spiro atoms. The average Bonchev–Trinajstić information content (AvgIpc) is 2.42. The second kappa shape index (κ2) is 5.99. The van der Waals surface area contributed by atoms with Crippen molar-refractivity contribution in [1.29, 1.82) is 0 Å². The van der Waals surface area contributed by atoms with Crippen molar-refractivity contribution < 1.29 is 31.5 Å². The summed E-state index contributed by atoms with van der Waals surface area (Å²) >= 11 is 0. The molecule has 2 nitrogen and oxygen atoms in total. The van der Waals surface area contributed by atoms with E-state index in [1.54, 1.807) is 0 Å². The van der Waals surface area contributed by atoms with Crippen molar-refractivity contribution >= 4 is 6.29 Å². The number of rotatable bonds is 3. The second-order valence-corrected chi connectivity index (χ2v) is 5.11. The lowest BCUT2D eigenvalue weighted by Gasteiger charge is -2.26. The van der Waals surface area contributed by atoms with E-state index in [1.165, 1.54) is 0 Å². The van der Waals surface area contributed by atoms with Crippen LogP contribution >= 0.6 is 0 Å². The van der Waals surface area contributed by atoms with Crippen LogP contribution in [0.2, 0.25) is 0 Å². The van der Waals surface area contributed by atoms with Crippen LogP contribution in [0.3, 0.4) is 0 Å². The van der Waals surface area contributed by atoms with Crippen LogP contribution in [-0.4, -0.2) is 12.6 Å². The van der Waals surface area contributed by atoms with Crippen LogP contribution in [0.15, 0.2) is 12.1 Å². The van der Waals surface area contributed by atoms with Gasteiger partial charge in [0, 0.05) is 5.92 Å². The molecule has 1 fully saturated rings. The number of halogens is 5. The number of benzene rings is 1. The van der Waals surface area contributed by atoms with Gasteiger partial charge in [-0.2, -0.15) is 0 Å². The van der Waals surface area contributed by atoms with Crippen molar-refractivity contribution in [3.63, 3.8) is 0 Å². The first kappa shape index (κ1) is 15.7. The zero-order chi connectivity index (χ0) is 15.6. The van der Waals surface area contributed by atoms with Crippen molar-refractivity contribution in [2.45, 2.75) is 38.0 Å². The Morgan fingerprint density at radius 1 is 1.05 bits per heavy atom. The highest BCUT2D eigenvalue weighted by atomic mass is 19.4. The highest BCUT2D eigenvalue weighted by Gasteiger charge is 2.34. The van der Waals surface area contributed by atoms with Gasteiger partial charge in [0.1, 0.15) is 6.29 Å². The molecule has 0 heterocycles. The molecule has 0 N–H and O–H groups in total. The maximum atomic E-state index is 13.6. The van der Waals surface area contributed by atoms with Crippen LogP contribution in [0.5, 0.6) is 5.75 Å². The summed E-state index contributed by atoms with van der Waals surface area (Å²) in [6, 6.07) is 1.74. The lowest BCUT2D eigenvalue weighted by molar-refractivity contribution is -0.276. The lowest BCUT2D eigenvalue weighted by atomic mass is 9.79. The molecule has 1 saturated carbocycles. The van der Waals surface area contributed by atoms with Gasteiger partial charge in [-0.15, -0.1) is 13.2 Å². The first-order valence-corrected chi connectivity index (χ1v) is 6.50. The third-order valence-corrected chi connectivity index (χ3v) is 3.67. The summed E-state index contributed by atoms with van der Waals surface area (Å²) in [6.07, 6.45) is -1.93. The summed E-state index contributed by atoms with van der Waals surface area (Å²) in [4.78, 5) is 10.6. The van der Waals surface area contributed by atoms with E-state index in [-0.39, 0.29) is 11.8 Å². The molecular weight excluding hydrogens is 295 g/mol. The van der Waals surface area contributed by atoms with E-state index in [2.05, 4.69) is 4.74 Å². The van der Waals surface area contributed by atoms with Crippen LogP contribution in [0, 0.1) is 17.6 Å². The summed E-state index contributed by atoms with van der Waals surface area (Å²) < 4.78 is 66.7. The molecule has 116 valence electrons. The Morgan fingerprint density at radius 3 is 2.00 bits per heavy atom. The van der Waals surface area contributed by atoms with Crippen LogP contribution in [-0.2, 0) is 4.79 Å². The number of alkyl halides is 3. The SMILES string of the molecule is O=CC1CCC(c2cc(F)c(OC(F)(F)F)c(F)c2)CC1. The smallest absolute Gasteiger partial charge is 0.399 e. The zero-order valence-corrected chi connectivity index (χ0v) is 10.9. The number of hydrogen-bond acceptors (Lipinski definition) is 2. The van der Waals surface area contributed by atoms with Crippen LogP contribution in [0.4, 0.5) is 22.0 Å². The summed E-state index contributed by atoms with van der Waals surface area (Å²) in [6.45, 7) is 0. The van der Waals surface area contributed by atoms with Crippen molar-refractivity contribution in [2.24, 2.45) is 5.92 Å². The van der Waals surface area contributed by atoms with Gasteiger partial charge in [0.2, 0.25) is 5.75 Å². The predicted molar refractivity (Wildman–Crippen MR) is 63.8 cm³/mol. The maximum Gasteiger partial charge on any atom is 0.573 e. The molecule has 0 saturated heterocycles. The Labute approximate surface area is 117 Å². The quantitative estimate of drug-likeness (QED) is 0.613. The minimum absolute atomic E-state index is 0.0521. The minimum atomic E-state index is -5.15. The number of carbonyl (C=O) groups excluding carboxylic acids is 1. The van der Waals surface area contributed by atoms with Crippen molar-refractivity contribution in [3.05, 3.63) is 29.3 Å². The Bertz CT molecular complexity index is 496. The largest absolute Gasteiger partial charge is 0.573 e. The van der Waals surface area contributed by atoms with Crippen LogP contribution in [0.1, 0.15) is 37.2 Å². The van der Waals surface area contributed by atoms with E-state index in [0.717, 1.165) is 18.4 Å². The summed E-state index contributed by atoms with van der Waals surface area (Å²) in [5.41, 5.74) is 0.295. The van der Waals surface area contributed by atoms with E-state index in [1.807, 2.05) is 0 Å². The van der Waals surface area contributed by atoms with E-state index >= 15 is 0 Å². The van der Waals surface area contributed by atoms with Gasteiger partial charge < -0.3 is 9.53 Å². The summed E-state index contributed by atoms with van der Waals surface area (Å²) in [5.74, 6) is -4.40. The Hall–Kier alpha value is -1.66. The number of hydrogen-bond donors (Lipinski definition) is 0. The highest BCUT2D eigenvalue weighted by Crippen LogP contribution is 2.38. The second-order valence-electron chi connectivity index (χ2n) is 5.11. The molecule has 2 rings (SSSR count). The molecule has 7 heteroatoms. The molecule has 0 aliphatic heterocycles. The Kier molecular flexibility index (Phi) is 4.49. The Balaban J connectivity index is 2.18. The maximum absolute atomic E-state index is 13.6. The number of ether oxygens (including phenoxy) is 1. The fraction of sp³-hybridized carbons (Fsp3) is 0.500. The fourth-order valence-electron chi connectivity index (χ4n) is 2.62. The minimum Gasteiger partial charge on any atom is -0.399 e. The Morgan fingerprint density at radius 2 is 1.57 bits per heavy atom. The number of carbonyl (C=O) groups is 1. The first-order valence-electron chi connectivity index (χ1n) is 6.50. The fourth-order valence-corrected chi connectivity index (χ4v) is 2.62. The topological polar surface area (TPSA) is 26.3 Å². The molecule has 1 aliphatic carbocycles. The van der Waals surface area contributed by atoms with E-state index in [0.29, 0.717) is 31.2 Å². The third-order valence-electron chi connectivity index (χ3n) is 3.67. The molecule has 1 aromatic carbocycles. The number of aldehydes is 1. The molecular formula is C14H13F5O2. The molecule has 1 aliphatic rings. The van der Waals surface area contributed by atoms with Gasteiger partial charge in [-0.1, -0.05) is 0 Å². The summed E-state index contributed by atoms with van der Waals surface area (Å²) in [7, 11) is 0. The first-order chi connectivity index (χ1) is 9.80. The van der Waals surface area contributed by atoms with Crippen LogP contribution < -0.4 is 4.74 Å². The predicted octanol–water partition coefficient (Wildman–Crippen LogP) is 4.34. The van der Waals surface area contributed by atoms with Crippen LogP contribution in [0.25, 0.3) is 0 Å². The molecule has 0 radical (unpaired) electrons. The van der Waals surface area contributed by atoms with E-state index < -0.39 is 23.7 Å². The van der Waals surface area contributed by atoms with Crippen molar-refractivity contribution in [1.82, 2.24) is 0 Å². The third kappa shape index (κ3) is 3.92. The van der Waals surface area contributed by atoms with Gasteiger partial charge in [0.15, 0.2) is 11.6 Å². The van der Waals surface area contributed by atoms with E-state index in [4.69, 9.17) is 0 Å². The molecule has 0 unspecified atom stereocenters. The zero-order valence-electron chi connectivity index (χ0n) is 10.9. The standard InChI is InChI=1S/C14H13F5O2/c15-11-5-10(9-3-1-8(7-20)2-4-9)6-12(16)13(11)21-14(17,18)19/h5-9H,1-4H2. The molecule has 1 aromatic rings. The van der Waals surface area contributed by atoms with Gasteiger partial charge in [-0.05, 0) is 49.3 Å². The van der Waals surface area contributed by atoms with E-state index in [9.17, 15) is 26.7 Å². The van der Waals surface area contributed by atoms with Gasteiger partial charge in [0.05, 0.1) is 0 Å². The summed E-state index contributed by atoms with van der Waals surface area (Å²) in [5, 5.41) is 0. The molecule has 0 amide bonds. The van der Waals surface area contributed by atoms with Gasteiger partial charge in [0.25, 0.3) is 0 Å². The van der Waals surface area contributed by atoms with Gasteiger partial charge in [-0.25, -0.2) is 8.78 Å². The van der Waals surface area contributed by atoms with Crippen molar-refractivity contribution in [2.75, 3.05) is 0 Å². The normalized spacial score (nSPS) is 22.9. The average molecular weight is 308 g/mol. The van der Waals surface area contributed by atoms with Crippen molar-refractivity contribution in [3.8, 4) is 5.75 Å². The highest BCUT2D eigenvalue weighted by molar-refractivity contribution is 5.53. The molecule has 0 atom stereocenters. The molecule has 21 heavy (non-hydrogen) atoms. The molecule has 0 bridgehead atoms. The van der Waals surface area contributed by atoms with Gasteiger partial charge in [-0.3, -0.25) is 0 Å². The molecule has 0 aromatic heterocycles. The van der Waals surface area contributed by atoms with Gasteiger partial charge >= 0.3 is 6.36 Å². The monoisotopic (exact) mass is 308 g/mol.